The van der Waals surface area contributed by atoms with Gasteiger partial charge in [-0.1, -0.05) is 67.6 Å². The molecule has 2 saturated heterocycles. The van der Waals surface area contributed by atoms with E-state index < -0.39 is 0 Å². The largest absolute Gasteiger partial charge is 0.494 e. The molecular formula is C32H33NO4. The molecule has 1 aliphatic carbocycles. The molecule has 0 spiro atoms. The lowest BCUT2D eigenvalue weighted by atomic mass is 9.85. The summed E-state index contributed by atoms with van der Waals surface area (Å²) in [5.74, 6) is 0.879. The van der Waals surface area contributed by atoms with Crippen molar-refractivity contribution in [2.24, 2.45) is 5.92 Å². The molecule has 2 fully saturated rings. The van der Waals surface area contributed by atoms with Crippen LogP contribution >= 0.6 is 0 Å². The standard InChI is InChI=1S/C32H33NO4/c1-2-16-36-25-9-7-8-21(19-25)31(34)22-17-23-14-15-24(18-22)33(23)32(35)37-20-30-28-12-5-3-10-26(28)27-11-4-6-13-29(27)30/h3-13,19,22-24,30H,2,14-18,20H2,1H3. The Bertz CT molecular complexity index is 1260. The van der Waals surface area contributed by atoms with E-state index in [-0.39, 0.29) is 35.8 Å². The van der Waals surface area contributed by atoms with Crippen molar-refractivity contribution in [1.82, 2.24) is 4.90 Å². The van der Waals surface area contributed by atoms with E-state index in [2.05, 4.69) is 43.3 Å². The minimum atomic E-state index is -0.241. The number of fused-ring (bicyclic) bond motifs is 5. The van der Waals surface area contributed by atoms with Gasteiger partial charge >= 0.3 is 6.09 Å². The average molecular weight is 496 g/mol. The van der Waals surface area contributed by atoms with E-state index in [1.165, 1.54) is 22.3 Å². The van der Waals surface area contributed by atoms with Crippen LogP contribution < -0.4 is 4.74 Å². The maximum absolute atomic E-state index is 13.4. The quantitative estimate of drug-likeness (QED) is 0.336. The van der Waals surface area contributed by atoms with Gasteiger partial charge in [0.05, 0.1) is 6.61 Å². The second-order valence-electron chi connectivity index (χ2n) is 10.5. The Morgan fingerprint density at radius 2 is 1.51 bits per heavy atom. The van der Waals surface area contributed by atoms with Crippen molar-refractivity contribution in [2.45, 2.75) is 57.0 Å². The first-order valence-corrected chi connectivity index (χ1v) is 13.5. The molecule has 0 N–H and O–H groups in total. The Balaban J connectivity index is 1.12. The molecule has 1 amide bonds. The van der Waals surface area contributed by atoms with Crippen LogP contribution in [0.15, 0.2) is 72.8 Å². The second kappa shape index (κ2) is 10.0. The van der Waals surface area contributed by atoms with Crippen LogP contribution in [0.5, 0.6) is 5.75 Å². The zero-order valence-electron chi connectivity index (χ0n) is 21.3. The Morgan fingerprint density at radius 1 is 0.865 bits per heavy atom. The van der Waals surface area contributed by atoms with E-state index in [4.69, 9.17) is 9.47 Å². The summed E-state index contributed by atoms with van der Waals surface area (Å²) < 4.78 is 11.7. The summed E-state index contributed by atoms with van der Waals surface area (Å²) in [5.41, 5.74) is 5.58. The number of Topliss-reactive ketones (excluding diaryl/α,β-unsaturated/α-hetero) is 1. The summed E-state index contributed by atoms with van der Waals surface area (Å²) in [6.45, 7) is 3.03. The molecule has 5 heteroatoms. The molecule has 6 rings (SSSR count). The number of carbonyl (C=O) groups excluding carboxylic acids is 2. The zero-order chi connectivity index (χ0) is 25.4. The number of rotatable bonds is 7. The summed E-state index contributed by atoms with van der Waals surface area (Å²) in [6, 6.07) is 24.4. The normalized spacial score (nSPS) is 21.9. The van der Waals surface area contributed by atoms with Gasteiger partial charge in [0, 0.05) is 29.5 Å². The van der Waals surface area contributed by atoms with Crippen molar-refractivity contribution < 1.29 is 19.1 Å². The van der Waals surface area contributed by atoms with Gasteiger partial charge < -0.3 is 14.4 Å². The molecule has 190 valence electrons. The molecule has 3 aromatic carbocycles. The Morgan fingerprint density at radius 3 is 2.16 bits per heavy atom. The van der Waals surface area contributed by atoms with Crippen LogP contribution in [0.1, 0.15) is 66.4 Å². The van der Waals surface area contributed by atoms with E-state index in [1.807, 2.05) is 41.3 Å². The highest BCUT2D eigenvalue weighted by molar-refractivity contribution is 5.98. The van der Waals surface area contributed by atoms with Gasteiger partial charge in [-0.2, -0.15) is 0 Å². The van der Waals surface area contributed by atoms with Gasteiger partial charge in [0.1, 0.15) is 12.4 Å². The fourth-order valence-corrected chi connectivity index (χ4v) is 6.55. The summed E-state index contributed by atoms with van der Waals surface area (Å²) in [7, 11) is 0. The number of benzene rings is 3. The van der Waals surface area contributed by atoms with Gasteiger partial charge in [-0.15, -0.1) is 0 Å². The minimum Gasteiger partial charge on any atom is -0.494 e. The molecule has 2 heterocycles. The van der Waals surface area contributed by atoms with Gasteiger partial charge in [-0.05, 0) is 66.5 Å². The van der Waals surface area contributed by atoms with Gasteiger partial charge in [0.15, 0.2) is 5.78 Å². The molecule has 5 nitrogen and oxygen atoms in total. The van der Waals surface area contributed by atoms with Crippen molar-refractivity contribution in [3.63, 3.8) is 0 Å². The predicted molar refractivity (Wildman–Crippen MR) is 143 cm³/mol. The fourth-order valence-electron chi connectivity index (χ4n) is 6.55. The zero-order valence-corrected chi connectivity index (χ0v) is 21.3. The maximum Gasteiger partial charge on any atom is 0.410 e. The molecule has 0 saturated carbocycles. The Labute approximate surface area is 218 Å². The lowest BCUT2D eigenvalue weighted by molar-refractivity contribution is 0.0506. The van der Waals surface area contributed by atoms with E-state index in [0.29, 0.717) is 31.6 Å². The van der Waals surface area contributed by atoms with Crippen LogP contribution in [-0.4, -0.2) is 42.1 Å². The van der Waals surface area contributed by atoms with Crippen molar-refractivity contribution >= 4 is 11.9 Å². The molecule has 2 atom stereocenters. The smallest absolute Gasteiger partial charge is 0.410 e. The number of ether oxygens (including phenoxy) is 2. The molecule has 2 unspecified atom stereocenters. The summed E-state index contributed by atoms with van der Waals surface area (Å²) >= 11 is 0. The number of amides is 1. The first-order valence-electron chi connectivity index (χ1n) is 13.5. The minimum absolute atomic E-state index is 0.0512. The lowest BCUT2D eigenvalue weighted by Crippen LogP contribution is -2.48. The van der Waals surface area contributed by atoms with Gasteiger partial charge in [0.2, 0.25) is 0 Å². The van der Waals surface area contributed by atoms with Crippen molar-refractivity contribution in [2.75, 3.05) is 13.2 Å². The third-order valence-electron chi connectivity index (χ3n) is 8.24. The topological polar surface area (TPSA) is 55.8 Å². The Kier molecular flexibility index (Phi) is 6.45. The average Bonchev–Trinajstić information content (AvgIpc) is 3.40. The third kappa shape index (κ3) is 4.41. The van der Waals surface area contributed by atoms with Crippen molar-refractivity contribution in [3.05, 3.63) is 89.5 Å². The van der Waals surface area contributed by atoms with Crippen molar-refractivity contribution in [1.29, 1.82) is 0 Å². The van der Waals surface area contributed by atoms with E-state index >= 15 is 0 Å². The number of piperidine rings is 1. The third-order valence-corrected chi connectivity index (χ3v) is 8.24. The first-order chi connectivity index (χ1) is 18.1. The first kappa shape index (κ1) is 23.8. The van der Waals surface area contributed by atoms with Crippen molar-refractivity contribution in [3.8, 4) is 16.9 Å². The monoisotopic (exact) mass is 495 g/mol. The van der Waals surface area contributed by atoms with Gasteiger partial charge in [-0.3, -0.25) is 4.79 Å². The Hall–Kier alpha value is -3.60. The summed E-state index contributed by atoms with van der Waals surface area (Å²) in [5, 5.41) is 0. The molecule has 2 bridgehead atoms. The van der Waals surface area contributed by atoms with Crippen LogP contribution in [0.4, 0.5) is 4.79 Å². The van der Waals surface area contributed by atoms with Gasteiger partial charge in [0.25, 0.3) is 0 Å². The fraction of sp³-hybridized carbons (Fsp3) is 0.375. The van der Waals surface area contributed by atoms with E-state index in [1.54, 1.807) is 0 Å². The number of carbonyl (C=O) groups is 2. The molecular weight excluding hydrogens is 462 g/mol. The molecule has 3 aromatic rings. The number of hydrogen-bond acceptors (Lipinski definition) is 4. The SMILES string of the molecule is CCCOc1cccc(C(=O)C2CC3CCC(C2)N3C(=O)OCC2c3ccccc3-c3ccccc32)c1. The molecule has 2 aliphatic heterocycles. The predicted octanol–water partition coefficient (Wildman–Crippen LogP) is 6.85. The second-order valence-corrected chi connectivity index (χ2v) is 10.5. The highest BCUT2D eigenvalue weighted by Gasteiger charge is 2.46. The maximum atomic E-state index is 13.4. The molecule has 0 aromatic heterocycles. The van der Waals surface area contributed by atoms with E-state index in [9.17, 15) is 9.59 Å². The summed E-state index contributed by atoms with van der Waals surface area (Å²) in [6.07, 6.45) is 3.93. The number of nitrogens with zero attached hydrogens (tertiary/aromatic N) is 1. The highest BCUT2D eigenvalue weighted by atomic mass is 16.6. The van der Waals surface area contributed by atoms with E-state index in [0.717, 1.165) is 25.0 Å². The molecule has 0 radical (unpaired) electrons. The van der Waals surface area contributed by atoms with Gasteiger partial charge in [-0.25, -0.2) is 4.79 Å². The number of ketones is 1. The van der Waals surface area contributed by atoms with Crippen LogP contribution in [0.3, 0.4) is 0 Å². The van der Waals surface area contributed by atoms with Crippen LogP contribution in [0, 0.1) is 5.92 Å². The highest BCUT2D eigenvalue weighted by Crippen LogP contribution is 2.45. The number of hydrogen-bond donors (Lipinski definition) is 0. The van der Waals surface area contributed by atoms with Crippen LogP contribution in [0.2, 0.25) is 0 Å². The molecule has 3 aliphatic rings. The van der Waals surface area contributed by atoms with Crippen LogP contribution in [0.25, 0.3) is 11.1 Å². The van der Waals surface area contributed by atoms with Crippen LogP contribution in [-0.2, 0) is 4.74 Å². The lowest BCUT2D eigenvalue weighted by Gasteiger charge is -2.37. The summed E-state index contributed by atoms with van der Waals surface area (Å²) in [4.78, 5) is 28.6. The molecule has 37 heavy (non-hydrogen) atoms.